The number of aliphatic hydroxyl groups excluding tert-OH is 1. The van der Waals surface area contributed by atoms with Crippen molar-refractivity contribution in [3.05, 3.63) is 64.9 Å². The zero-order valence-corrected chi connectivity index (χ0v) is 10.2. The van der Waals surface area contributed by atoms with E-state index in [1.54, 1.807) is 24.3 Å². The first-order valence-electron chi connectivity index (χ1n) is 5.62. The molecule has 0 bridgehead atoms. The number of hydrogen-bond acceptors (Lipinski definition) is 2. The summed E-state index contributed by atoms with van der Waals surface area (Å²) < 4.78 is 0. The number of rotatable bonds is 2. The Morgan fingerprint density at radius 2 is 1.78 bits per heavy atom. The number of nitrogens with zero attached hydrogens (tertiary/aromatic N) is 1. The monoisotopic (exact) mass is 258 g/mol. The minimum absolute atomic E-state index is 0.540. The molecule has 3 nitrogen and oxygen atoms in total. The van der Waals surface area contributed by atoms with Crippen molar-refractivity contribution in [2.75, 3.05) is 0 Å². The van der Waals surface area contributed by atoms with Crippen LogP contribution in [0.5, 0.6) is 0 Å². The Hall–Kier alpha value is -1.84. The minimum atomic E-state index is -0.769. The first-order chi connectivity index (χ1) is 8.74. The highest BCUT2D eigenvalue weighted by Gasteiger charge is 2.14. The van der Waals surface area contributed by atoms with Crippen molar-refractivity contribution in [3.63, 3.8) is 0 Å². The zero-order valence-electron chi connectivity index (χ0n) is 9.47. The Balaban J connectivity index is 2.00. The van der Waals surface area contributed by atoms with Crippen molar-refractivity contribution in [2.45, 2.75) is 6.10 Å². The highest BCUT2D eigenvalue weighted by Crippen LogP contribution is 2.23. The molecule has 18 heavy (non-hydrogen) atoms. The molecule has 0 aliphatic heterocycles. The minimum Gasteiger partial charge on any atom is -0.380 e. The lowest BCUT2D eigenvalue weighted by molar-refractivity contribution is 0.211. The van der Waals surface area contributed by atoms with Crippen LogP contribution in [-0.2, 0) is 0 Å². The van der Waals surface area contributed by atoms with Crippen molar-refractivity contribution in [1.82, 2.24) is 9.97 Å². The zero-order chi connectivity index (χ0) is 12.5. The third-order valence-corrected chi connectivity index (χ3v) is 3.10. The Morgan fingerprint density at radius 1 is 1.06 bits per heavy atom. The fraction of sp³-hybridized carbons (Fsp3) is 0.0714. The number of hydrogen-bond donors (Lipinski definition) is 2. The van der Waals surface area contributed by atoms with Gasteiger partial charge in [0.1, 0.15) is 11.9 Å². The summed E-state index contributed by atoms with van der Waals surface area (Å²) in [5, 5.41) is 10.9. The average Bonchev–Trinajstić information content (AvgIpc) is 2.82. The van der Waals surface area contributed by atoms with Gasteiger partial charge in [0.2, 0.25) is 0 Å². The van der Waals surface area contributed by atoms with E-state index < -0.39 is 6.10 Å². The first kappa shape index (κ1) is 11.3. The Bertz CT molecular complexity index is 643. The molecule has 0 amide bonds. The smallest absolute Gasteiger partial charge is 0.140 e. The van der Waals surface area contributed by atoms with E-state index in [1.807, 2.05) is 24.3 Å². The third-order valence-electron chi connectivity index (χ3n) is 2.85. The molecule has 3 aromatic rings. The molecule has 2 N–H and O–H groups in total. The van der Waals surface area contributed by atoms with Crippen LogP contribution in [0.25, 0.3) is 11.0 Å². The number of imidazole rings is 1. The molecule has 90 valence electrons. The number of para-hydroxylation sites is 2. The number of aliphatic hydroxyl groups is 1. The van der Waals surface area contributed by atoms with Crippen LogP contribution in [-0.4, -0.2) is 15.1 Å². The lowest BCUT2D eigenvalue weighted by Gasteiger charge is -2.07. The van der Waals surface area contributed by atoms with Crippen LogP contribution in [0.15, 0.2) is 48.5 Å². The van der Waals surface area contributed by atoms with Gasteiger partial charge in [0.15, 0.2) is 0 Å². The maximum absolute atomic E-state index is 10.2. The van der Waals surface area contributed by atoms with Gasteiger partial charge in [-0.2, -0.15) is 0 Å². The summed E-state index contributed by atoms with van der Waals surface area (Å²) >= 11 is 5.82. The van der Waals surface area contributed by atoms with Gasteiger partial charge in [-0.25, -0.2) is 4.98 Å². The number of H-pyrrole nitrogens is 1. The highest BCUT2D eigenvalue weighted by atomic mass is 35.5. The number of aromatic nitrogens is 2. The van der Waals surface area contributed by atoms with E-state index in [2.05, 4.69) is 9.97 Å². The maximum Gasteiger partial charge on any atom is 0.140 e. The van der Waals surface area contributed by atoms with E-state index in [-0.39, 0.29) is 0 Å². The van der Waals surface area contributed by atoms with Crippen LogP contribution in [0.2, 0.25) is 5.02 Å². The van der Waals surface area contributed by atoms with E-state index in [0.29, 0.717) is 10.8 Å². The fourth-order valence-electron chi connectivity index (χ4n) is 1.90. The molecule has 1 aromatic heterocycles. The van der Waals surface area contributed by atoms with Crippen LogP contribution < -0.4 is 0 Å². The molecule has 0 radical (unpaired) electrons. The Labute approximate surface area is 109 Å². The van der Waals surface area contributed by atoms with Gasteiger partial charge in [-0.3, -0.25) is 0 Å². The number of fused-ring (bicyclic) bond motifs is 1. The summed E-state index contributed by atoms with van der Waals surface area (Å²) in [7, 11) is 0. The number of halogens is 1. The first-order valence-corrected chi connectivity index (χ1v) is 6.00. The largest absolute Gasteiger partial charge is 0.380 e. The molecule has 0 unspecified atom stereocenters. The van der Waals surface area contributed by atoms with Crippen molar-refractivity contribution in [3.8, 4) is 0 Å². The second kappa shape index (κ2) is 4.44. The van der Waals surface area contributed by atoms with Crippen molar-refractivity contribution >= 4 is 22.6 Å². The molecular formula is C14H11ClN2O. The molecule has 0 aliphatic rings. The van der Waals surface area contributed by atoms with Crippen LogP contribution in [0.4, 0.5) is 0 Å². The predicted octanol–water partition coefficient (Wildman–Crippen LogP) is 3.30. The van der Waals surface area contributed by atoms with E-state index in [4.69, 9.17) is 11.6 Å². The molecule has 0 fully saturated rings. The van der Waals surface area contributed by atoms with Gasteiger partial charge in [0.25, 0.3) is 0 Å². The molecule has 4 heteroatoms. The standard InChI is InChI=1S/C14H11ClN2O/c15-10-7-5-9(6-8-10)13(18)14-16-11-3-1-2-4-12(11)17-14/h1-8,13,18H,(H,16,17)/t13-/m1/s1. The molecule has 1 heterocycles. The SMILES string of the molecule is O[C@H](c1ccc(Cl)cc1)c1nc2ccccc2[nH]1. The van der Waals surface area contributed by atoms with Crippen molar-refractivity contribution in [1.29, 1.82) is 0 Å². The Kier molecular flexibility index (Phi) is 2.78. The van der Waals surface area contributed by atoms with Gasteiger partial charge < -0.3 is 10.1 Å². The Morgan fingerprint density at radius 3 is 2.50 bits per heavy atom. The van der Waals surface area contributed by atoms with E-state index in [9.17, 15) is 5.11 Å². The predicted molar refractivity (Wildman–Crippen MR) is 71.6 cm³/mol. The van der Waals surface area contributed by atoms with Crippen LogP contribution in [0, 0.1) is 0 Å². The molecule has 0 saturated carbocycles. The van der Waals surface area contributed by atoms with Gasteiger partial charge in [-0.15, -0.1) is 0 Å². The second-order valence-electron chi connectivity index (χ2n) is 4.09. The molecule has 3 rings (SSSR count). The highest BCUT2D eigenvalue weighted by molar-refractivity contribution is 6.30. The summed E-state index contributed by atoms with van der Waals surface area (Å²) in [4.78, 5) is 7.49. The molecule has 1 atom stereocenters. The van der Waals surface area contributed by atoms with Crippen LogP contribution >= 0.6 is 11.6 Å². The second-order valence-corrected chi connectivity index (χ2v) is 4.53. The van der Waals surface area contributed by atoms with Gasteiger partial charge in [-0.05, 0) is 29.8 Å². The maximum atomic E-state index is 10.2. The molecule has 2 aromatic carbocycles. The summed E-state index contributed by atoms with van der Waals surface area (Å²) in [6.45, 7) is 0. The average molecular weight is 259 g/mol. The van der Waals surface area contributed by atoms with Crippen molar-refractivity contribution < 1.29 is 5.11 Å². The topological polar surface area (TPSA) is 48.9 Å². The van der Waals surface area contributed by atoms with Gasteiger partial charge in [-0.1, -0.05) is 35.9 Å². The normalized spacial score (nSPS) is 12.8. The van der Waals surface area contributed by atoms with E-state index >= 15 is 0 Å². The lowest BCUT2D eigenvalue weighted by Crippen LogP contribution is -2.01. The lowest BCUT2D eigenvalue weighted by atomic mass is 10.1. The fourth-order valence-corrected chi connectivity index (χ4v) is 2.03. The van der Waals surface area contributed by atoms with Gasteiger partial charge in [0, 0.05) is 5.02 Å². The number of benzene rings is 2. The van der Waals surface area contributed by atoms with E-state index in [1.165, 1.54) is 0 Å². The van der Waals surface area contributed by atoms with Crippen molar-refractivity contribution in [2.24, 2.45) is 0 Å². The molecule has 0 spiro atoms. The van der Waals surface area contributed by atoms with E-state index in [0.717, 1.165) is 16.6 Å². The molecule has 0 saturated heterocycles. The molecule has 0 aliphatic carbocycles. The number of nitrogens with one attached hydrogen (secondary N) is 1. The quantitative estimate of drug-likeness (QED) is 0.741. The summed E-state index contributed by atoms with van der Waals surface area (Å²) in [5.74, 6) is 0.540. The third kappa shape index (κ3) is 1.98. The molecular weight excluding hydrogens is 248 g/mol. The van der Waals surface area contributed by atoms with Crippen LogP contribution in [0.3, 0.4) is 0 Å². The summed E-state index contributed by atoms with van der Waals surface area (Å²) in [6, 6.07) is 14.8. The summed E-state index contributed by atoms with van der Waals surface area (Å²) in [5.41, 5.74) is 2.53. The number of aromatic amines is 1. The summed E-state index contributed by atoms with van der Waals surface area (Å²) in [6.07, 6.45) is -0.769. The van der Waals surface area contributed by atoms with Crippen LogP contribution in [0.1, 0.15) is 17.5 Å². The van der Waals surface area contributed by atoms with Gasteiger partial charge in [0.05, 0.1) is 11.0 Å². The van der Waals surface area contributed by atoms with Gasteiger partial charge >= 0.3 is 0 Å².